The largest absolute Gasteiger partial charge is 0.416 e. The SMILES string of the molecule is O=c1[nH]c(-c2cncnc2)nc2c1CN(Cc1ccc(-c3cccc(C(F)(F)F)c3)s1)CC2. The van der Waals surface area contributed by atoms with Crippen molar-refractivity contribution in [1.82, 2.24) is 24.8 Å². The third kappa shape index (κ3) is 4.57. The van der Waals surface area contributed by atoms with Crippen molar-refractivity contribution in [2.24, 2.45) is 0 Å². The molecule has 5 rings (SSSR count). The van der Waals surface area contributed by atoms with Gasteiger partial charge in [-0.3, -0.25) is 9.69 Å². The first kappa shape index (κ1) is 21.5. The summed E-state index contributed by atoms with van der Waals surface area (Å²) in [4.78, 5) is 32.0. The lowest BCUT2D eigenvalue weighted by Crippen LogP contribution is -2.35. The van der Waals surface area contributed by atoms with Crippen LogP contribution in [0.5, 0.6) is 0 Å². The predicted molar refractivity (Wildman–Crippen MR) is 118 cm³/mol. The minimum absolute atomic E-state index is 0.181. The smallest absolute Gasteiger partial charge is 0.306 e. The first-order valence-electron chi connectivity index (χ1n) is 10.2. The fourth-order valence-corrected chi connectivity index (χ4v) is 4.91. The van der Waals surface area contributed by atoms with Crippen LogP contribution in [0.3, 0.4) is 0 Å². The summed E-state index contributed by atoms with van der Waals surface area (Å²) in [6.45, 7) is 1.79. The van der Waals surface area contributed by atoms with Gasteiger partial charge in [0, 0.05) is 48.2 Å². The minimum Gasteiger partial charge on any atom is -0.306 e. The standard InChI is InChI=1S/C23H18F3N5OS/c24-23(25,26)16-3-1-2-14(8-16)20-5-4-17(33-20)11-31-7-6-19-18(12-31)22(32)30-21(29-19)15-9-27-13-28-10-15/h1-5,8-10,13H,6-7,11-12H2,(H,29,30,32). The molecule has 0 amide bonds. The number of aromatic nitrogens is 4. The zero-order chi connectivity index (χ0) is 23.0. The summed E-state index contributed by atoms with van der Waals surface area (Å²) >= 11 is 1.46. The molecular formula is C23H18F3N5OS. The zero-order valence-corrected chi connectivity index (χ0v) is 18.1. The third-order valence-electron chi connectivity index (χ3n) is 5.50. The molecule has 0 spiro atoms. The highest BCUT2D eigenvalue weighted by molar-refractivity contribution is 7.15. The summed E-state index contributed by atoms with van der Waals surface area (Å²) in [5.41, 5.74) is 1.76. The van der Waals surface area contributed by atoms with Crippen LogP contribution >= 0.6 is 11.3 Å². The van der Waals surface area contributed by atoms with Crippen LogP contribution in [0.2, 0.25) is 0 Å². The number of benzene rings is 1. The molecule has 0 bridgehead atoms. The molecule has 10 heteroatoms. The molecule has 4 heterocycles. The van der Waals surface area contributed by atoms with E-state index in [0.717, 1.165) is 28.1 Å². The lowest BCUT2D eigenvalue weighted by atomic mass is 10.1. The van der Waals surface area contributed by atoms with Gasteiger partial charge in [0.05, 0.1) is 22.4 Å². The van der Waals surface area contributed by atoms with E-state index in [1.165, 1.54) is 29.8 Å². The average Bonchev–Trinajstić information content (AvgIpc) is 3.28. The molecule has 0 radical (unpaired) electrons. The van der Waals surface area contributed by atoms with Crippen molar-refractivity contribution >= 4 is 11.3 Å². The van der Waals surface area contributed by atoms with Crippen LogP contribution in [0.4, 0.5) is 13.2 Å². The number of nitrogens with one attached hydrogen (secondary N) is 1. The maximum Gasteiger partial charge on any atom is 0.416 e. The van der Waals surface area contributed by atoms with E-state index in [9.17, 15) is 18.0 Å². The molecule has 0 aliphatic carbocycles. The monoisotopic (exact) mass is 469 g/mol. The number of hydrogen-bond acceptors (Lipinski definition) is 6. The second kappa shape index (κ2) is 8.53. The minimum atomic E-state index is -4.37. The Morgan fingerprint density at radius 1 is 1.09 bits per heavy atom. The molecule has 4 aromatic rings. The molecule has 1 aliphatic heterocycles. The molecule has 0 unspecified atom stereocenters. The first-order valence-corrected chi connectivity index (χ1v) is 11.0. The summed E-state index contributed by atoms with van der Waals surface area (Å²) in [5, 5.41) is 0. The summed E-state index contributed by atoms with van der Waals surface area (Å²) in [6.07, 6.45) is 0.885. The average molecular weight is 469 g/mol. The van der Waals surface area contributed by atoms with E-state index in [0.29, 0.717) is 42.0 Å². The van der Waals surface area contributed by atoms with E-state index in [2.05, 4.69) is 24.8 Å². The van der Waals surface area contributed by atoms with Crippen molar-refractivity contribution in [3.05, 3.63) is 87.2 Å². The number of aromatic amines is 1. The van der Waals surface area contributed by atoms with Crippen LogP contribution in [0.25, 0.3) is 21.8 Å². The summed E-state index contributed by atoms with van der Waals surface area (Å²) < 4.78 is 39.1. The third-order valence-corrected chi connectivity index (χ3v) is 6.62. The van der Waals surface area contributed by atoms with Gasteiger partial charge in [0.15, 0.2) is 0 Å². The van der Waals surface area contributed by atoms with E-state index in [1.54, 1.807) is 18.5 Å². The molecular weight excluding hydrogens is 451 g/mol. The van der Waals surface area contributed by atoms with E-state index < -0.39 is 11.7 Å². The Hall–Kier alpha value is -3.37. The molecule has 0 saturated carbocycles. The number of hydrogen-bond donors (Lipinski definition) is 1. The van der Waals surface area contributed by atoms with Gasteiger partial charge >= 0.3 is 6.18 Å². The molecule has 1 aliphatic rings. The van der Waals surface area contributed by atoms with Crippen LogP contribution in [0, 0.1) is 0 Å². The highest BCUT2D eigenvalue weighted by Crippen LogP contribution is 2.35. The Morgan fingerprint density at radius 3 is 2.70 bits per heavy atom. The van der Waals surface area contributed by atoms with Gasteiger partial charge in [-0.25, -0.2) is 15.0 Å². The summed E-state index contributed by atoms with van der Waals surface area (Å²) in [6, 6.07) is 9.13. The van der Waals surface area contributed by atoms with E-state index in [-0.39, 0.29) is 5.56 Å². The quantitative estimate of drug-likeness (QED) is 0.475. The topological polar surface area (TPSA) is 74.8 Å². The number of H-pyrrole nitrogens is 1. The van der Waals surface area contributed by atoms with E-state index in [1.807, 2.05) is 12.1 Å². The van der Waals surface area contributed by atoms with E-state index in [4.69, 9.17) is 0 Å². The fraction of sp³-hybridized carbons (Fsp3) is 0.217. The molecule has 6 nitrogen and oxygen atoms in total. The number of rotatable bonds is 4. The maximum absolute atomic E-state index is 13.0. The van der Waals surface area contributed by atoms with Crippen molar-refractivity contribution in [2.45, 2.75) is 25.7 Å². The van der Waals surface area contributed by atoms with Crippen molar-refractivity contribution in [1.29, 1.82) is 0 Å². The Bertz CT molecular complexity index is 1350. The van der Waals surface area contributed by atoms with Crippen molar-refractivity contribution in [3.63, 3.8) is 0 Å². The second-order valence-electron chi connectivity index (χ2n) is 7.77. The molecule has 168 valence electrons. The van der Waals surface area contributed by atoms with Gasteiger partial charge in [0.25, 0.3) is 5.56 Å². The Balaban J connectivity index is 1.32. The number of halogens is 3. The number of fused-ring (bicyclic) bond motifs is 1. The van der Waals surface area contributed by atoms with Gasteiger partial charge in [0.2, 0.25) is 0 Å². The lowest BCUT2D eigenvalue weighted by molar-refractivity contribution is -0.137. The summed E-state index contributed by atoms with van der Waals surface area (Å²) in [7, 11) is 0. The van der Waals surface area contributed by atoms with Crippen LogP contribution in [-0.2, 0) is 25.7 Å². The van der Waals surface area contributed by atoms with Gasteiger partial charge in [-0.05, 0) is 29.8 Å². The van der Waals surface area contributed by atoms with Gasteiger partial charge in [-0.1, -0.05) is 12.1 Å². The fourth-order valence-electron chi connectivity index (χ4n) is 3.86. The van der Waals surface area contributed by atoms with Crippen molar-refractivity contribution in [2.75, 3.05) is 6.54 Å². The number of alkyl halides is 3. The Morgan fingerprint density at radius 2 is 1.91 bits per heavy atom. The van der Waals surface area contributed by atoms with Gasteiger partial charge in [-0.15, -0.1) is 11.3 Å². The molecule has 0 saturated heterocycles. The number of nitrogens with zero attached hydrogens (tertiary/aromatic N) is 4. The van der Waals surface area contributed by atoms with Gasteiger partial charge in [-0.2, -0.15) is 13.2 Å². The molecule has 0 atom stereocenters. The Kier molecular flexibility index (Phi) is 5.55. The van der Waals surface area contributed by atoms with Crippen molar-refractivity contribution < 1.29 is 13.2 Å². The van der Waals surface area contributed by atoms with E-state index >= 15 is 0 Å². The predicted octanol–water partition coefficient (Wildman–Crippen LogP) is 4.53. The van der Waals surface area contributed by atoms with Gasteiger partial charge < -0.3 is 4.98 Å². The molecule has 1 aromatic carbocycles. The normalized spacial score (nSPS) is 14.3. The van der Waals surface area contributed by atoms with Crippen molar-refractivity contribution in [3.8, 4) is 21.8 Å². The van der Waals surface area contributed by atoms with Crippen LogP contribution in [0.1, 0.15) is 21.7 Å². The summed E-state index contributed by atoms with van der Waals surface area (Å²) in [5.74, 6) is 0.455. The second-order valence-corrected chi connectivity index (χ2v) is 8.94. The highest BCUT2D eigenvalue weighted by atomic mass is 32.1. The number of thiophene rings is 1. The molecule has 1 N–H and O–H groups in total. The first-order chi connectivity index (χ1) is 15.9. The van der Waals surface area contributed by atoms with Crippen LogP contribution in [-0.4, -0.2) is 31.4 Å². The Labute approximate surface area is 190 Å². The maximum atomic E-state index is 13.0. The zero-order valence-electron chi connectivity index (χ0n) is 17.3. The molecule has 0 fully saturated rings. The van der Waals surface area contributed by atoms with Crippen LogP contribution in [0.15, 0.2) is 59.9 Å². The van der Waals surface area contributed by atoms with Crippen LogP contribution < -0.4 is 5.56 Å². The highest BCUT2D eigenvalue weighted by Gasteiger charge is 2.30. The molecule has 33 heavy (non-hydrogen) atoms. The van der Waals surface area contributed by atoms with Gasteiger partial charge in [0.1, 0.15) is 12.2 Å². The molecule has 3 aromatic heterocycles. The lowest BCUT2D eigenvalue weighted by Gasteiger charge is -2.27.